The van der Waals surface area contributed by atoms with Gasteiger partial charge in [0.1, 0.15) is 12.7 Å². The van der Waals surface area contributed by atoms with Crippen molar-refractivity contribution in [2.24, 2.45) is 0 Å². The van der Waals surface area contributed by atoms with Crippen LogP contribution >= 0.6 is 0 Å². The number of halogens is 3. The maximum Gasteiger partial charge on any atom is 0.490 e. The molecule has 8 nitrogen and oxygen atoms in total. The van der Waals surface area contributed by atoms with Crippen LogP contribution in [-0.4, -0.2) is 40.9 Å². The maximum atomic E-state index is 12.7. The van der Waals surface area contributed by atoms with Gasteiger partial charge in [0.25, 0.3) is 5.91 Å². The zero-order chi connectivity index (χ0) is 26.3. The number of aryl methyl sites for hydroxylation is 1. The molecular formula is C25H20F3N3O5. The van der Waals surface area contributed by atoms with Crippen LogP contribution in [0.4, 0.5) is 18.9 Å². The summed E-state index contributed by atoms with van der Waals surface area (Å²) in [7, 11) is 0. The molecule has 0 spiro atoms. The molecule has 0 radical (unpaired) electrons. The number of pyridine rings is 1. The Morgan fingerprint density at radius 3 is 2.53 bits per heavy atom. The van der Waals surface area contributed by atoms with Crippen molar-refractivity contribution < 1.29 is 37.3 Å². The van der Waals surface area contributed by atoms with E-state index < -0.39 is 18.2 Å². The Hall–Kier alpha value is -4.59. The summed E-state index contributed by atoms with van der Waals surface area (Å²) in [6.07, 6.45) is -1.87. The van der Waals surface area contributed by atoms with Crippen LogP contribution in [0.5, 0.6) is 11.5 Å². The molecule has 11 heteroatoms. The first-order chi connectivity index (χ1) is 17.1. The molecule has 1 unspecified atom stereocenters. The van der Waals surface area contributed by atoms with Crippen molar-refractivity contribution in [1.29, 1.82) is 5.26 Å². The second-order valence-electron chi connectivity index (χ2n) is 7.41. The second kappa shape index (κ2) is 11.2. The van der Waals surface area contributed by atoms with Gasteiger partial charge < -0.3 is 19.9 Å². The quantitative estimate of drug-likeness (QED) is 0.538. The third kappa shape index (κ3) is 6.29. The van der Waals surface area contributed by atoms with E-state index in [4.69, 9.17) is 19.4 Å². The molecule has 0 saturated heterocycles. The normalized spacial score (nSPS) is 14.0. The monoisotopic (exact) mass is 499 g/mol. The third-order valence-electron chi connectivity index (χ3n) is 5.04. The highest BCUT2D eigenvalue weighted by Crippen LogP contribution is 2.32. The van der Waals surface area contributed by atoms with Crippen LogP contribution in [0.1, 0.15) is 18.1 Å². The van der Waals surface area contributed by atoms with Gasteiger partial charge in [0.15, 0.2) is 11.5 Å². The first-order valence-corrected chi connectivity index (χ1v) is 10.6. The number of hydrogen-bond acceptors (Lipinski definition) is 6. The van der Waals surface area contributed by atoms with Crippen molar-refractivity contribution in [3.63, 3.8) is 0 Å². The summed E-state index contributed by atoms with van der Waals surface area (Å²) in [4.78, 5) is 25.6. The number of aromatic nitrogens is 1. The molecule has 4 rings (SSSR count). The molecule has 186 valence electrons. The molecule has 1 aliphatic heterocycles. The van der Waals surface area contributed by atoms with E-state index in [1.165, 1.54) is 0 Å². The molecule has 1 atom stereocenters. The SMILES string of the molecule is CCc1cc(-c2ccncc2C#N)ccc1NC(=O)C1COc2ccccc2O1.O=C(O)C(F)(F)F. The number of hydrogen-bond donors (Lipinski definition) is 2. The predicted molar refractivity (Wildman–Crippen MR) is 122 cm³/mol. The highest BCUT2D eigenvalue weighted by Gasteiger charge is 2.38. The molecule has 2 N–H and O–H groups in total. The van der Waals surface area contributed by atoms with Gasteiger partial charge in [-0.1, -0.05) is 25.1 Å². The van der Waals surface area contributed by atoms with Crippen molar-refractivity contribution in [2.75, 3.05) is 11.9 Å². The molecule has 1 aliphatic rings. The van der Waals surface area contributed by atoms with Crippen LogP contribution in [0, 0.1) is 11.3 Å². The minimum atomic E-state index is -5.08. The van der Waals surface area contributed by atoms with Gasteiger partial charge in [0.05, 0.1) is 5.56 Å². The van der Waals surface area contributed by atoms with Gasteiger partial charge in [0, 0.05) is 23.6 Å². The zero-order valence-corrected chi connectivity index (χ0v) is 18.9. The predicted octanol–water partition coefficient (Wildman–Crippen LogP) is 4.59. The van der Waals surface area contributed by atoms with E-state index >= 15 is 0 Å². The van der Waals surface area contributed by atoms with Crippen molar-refractivity contribution >= 4 is 17.6 Å². The number of carboxylic acid groups (broad SMARTS) is 1. The summed E-state index contributed by atoms with van der Waals surface area (Å²) >= 11 is 0. The lowest BCUT2D eigenvalue weighted by Gasteiger charge is -2.26. The molecule has 1 aromatic heterocycles. The maximum absolute atomic E-state index is 12.7. The van der Waals surface area contributed by atoms with Crippen molar-refractivity contribution in [2.45, 2.75) is 25.6 Å². The van der Waals surface area contributed by atoms with E-state index in [0.717, 1.165) is 28.8 Å². The number of anilines is 1. The number of benzene rings is 2. The number of nitriles is 1. The number of carbonyl (C=O) groups is 2. The summed E-state index contributed by atoms with van der Waals surface area (Å²) in [6, 6.07) is 17.0. The van der Waals surface area contributed by atoms with Crippen LogP contribution in [0.2, 0.25) is 0 Å². The number of amides is 1. The fraction of sp³-hybridized carbons (Fsp3) is 0.200. The average Bonchev–Trinajstić information content (AvgIpc) is 2.88. The number of fused-ring (bicyclic) bond motifs is 1. The van der Waals surface area contributed by atoms with Crippen LogP contribution in [0.15, 0.2) is 60.9 Å². The number of rotatable bonds is 4. The molecule has 0 fully saturated rings. The van der Waals surface area contributed by atoms with Gasteiger partial charge >= 0.3 is 12.1 Å². The topological polar surface area (TPSA) is 122 Å². The average molecular weight is 499 g/mol. The van der Waals surface area contributed by atoms with Gasteiger partial charge in [-0.3, -0.25) is 9.78 Å². The van der Waals surface area contributed by atoms with E-state index in [0.29, 0.717) is 17.1 Å². The van der Waals surface area contributed by atoms with E-state index in [1.807, 2.05) is 49.4 Å². The minimum absolute atomic E-state index is 0.158. The first kappa shape index (κ1) is 26.0. The lowest BCUT2D eigenvalue weighted by atomic mass is 9.98. The van der Waals surface area contributed by atoms with Crippen molar-refractivity contribution in [3.05, 3.63) is 72.1 Å². The van der Waals surface area contributed by atoms with Crippen molar-refractivity contribution in [1.82, 2.24) is 4.98 Å². The molecule has 36 heavy (non-hydrogen) atoms. The van der Waals surface area contributed by atoms with Crippen LogP contribution in [0.3, 0.4) is 0 Å². The molecule has 1 amide bonds. The lowest BCUT2D eigenvalue weighted by molar-refractivity contribution is -0.192. The number of alkyl halides is 3. The van der Waals surface area contributed by atoms with Gasteiger partial charge in [-0.25, -0.2) is 4.79 Å². The number of nitrogens with one attached hydrogen (secondary N) is 1. The lowest BCUT2D eigenvalue weighted by Crippen LogP contribution is -2.40. The van der Waals surface area contributed by atoms with Crippen LogP contribution in [-0.2, 0) is 16.0 Å². The summed E-state index contributed by atoms with van der Waals surface area (Å²) in [5.74, 6) is -1.82. The Kier molecular flexibility index (Phi) is 8.11. The van der Waals surface area contributed by atoms with Gasteiger partial charge in [-0.2, -0.15) is 18.4 Å². The third-order valence-corrected chi connectivity index (χ3v) is 5.04. The number of ether oxygens (including phenoxy) is 2. The fourth-order valence-corrected chi connectivity index (χ4v) is 3.27. The largest absolute Gasteiger partial charge is 0.490 e. The molecule has 3 aromatic rings. The number of nitrogens with zero attached hydrogens (tertiary/aromatic N) is 2. The van der Waals surface area contributed by atoms with E-state index in [9.17, 15) is 23.2 Å². The Morgan fingerprint density at radius 2 is 1.89 bits per heavy atom. The van der Waals surface area contributed by atoms with Crippen LogP contribution in [0.25, 0.3) is 11.1 Å². The molecule has 2 aromatic carbocycles. The zero-order valence-electron chi connectivity index (χ0n) is 18.9. The fourth-order valence-electron chi connectivity index (χ4n) is 3.27. The summed E-state index contributed by atoms with van der Waals surface area (Å²) < 4.78 is 43.2. The Bertz CT molecular complexity index is 1300. The summed E-state index contributed by atoms with van der Waals surface area (Å²) in [6.45, 7) is 2.17. The Balaban J connectivity index is 0.000000454. The van der Waals surface area contributed by atoms with Gasteiger partial charge in [-0.05, 0) is 47.9 Å². The van der Waals surface area contributed by atoms with Gasteiger partial charge in [0.2, 0.25) is 6.10 Å². The molecule has 0 aliphatic carbocycles. The number of aliphatic carboxylic acids is 1. The highest BCUT2D eigenvalue weighted by atomic mass is 19.4. The van der Waals surface area contributed by atoms with E-state index in [1.54, 1.807) is 18.5 Å². The van der Waals surface area contributed by atoms with Crippen molar-refractivity contribution in [3.8, 4) is 28.7 Å². The van der Waals surface area contributed by atoms with E-state index in [2.05, 4.69) is 16.4 Å². The smallest absolute Gasteiger partial charge is 0.485 e. The highest BCUT2D eigenvalue weighted by molar-refractivity contribution is 5.95. The van der Waals surface area contributed by atoms with E-state index in [-0.39, 0.29) is 12.5 Å². The summed E-state index contributed by atoms with van der Waals surface area (Å²) in [5, 5.41) is 19.4. The Morgan fingerprint density at radius 1 is 1.19 bits per heavy atom. The minimum Gasteiger partial charge on any atom is -0.485 e. The molecule has 0 saturated carbocycles. The number of carbonyl (C=O) groups excluding carboxylic acids is 1. The number of carboxylic acids is 1. The number of para-hydroxylation sites is 2. The standard InChI is InChI=1S/C23H19N3O3.C2HF3O2/c1-2-15-11-16(18-9-10-25-13-17(18)12-24)7-8-19(15)26-23(27)22-14-28-20-5-3-4-6-21(20)29-22;3-2(4,5)1(6)7/h3-11,13,22H,2,14H2,1H3,(H,26,27);(H,6,7). The molecule has 0 bridgehead atoms. The molecular weight excluding hydrogens is 479 g/mol. The second-order valence-corrected chi connectivity index (χ2v) is 7.41. The molecule has 2 heterocycles. The van der Waals surface area contributed by atoms with Crippen LogP contribution < -0.4 is 14.8 Å². The van der Waals surface area contributed by atoms with Gasteiger partial charge in [-0.15, -0.1) is 0 Å². The summed E-state index contributed by atoms with van der Waals surface area (Å²) in [5.41, 5.74) is 3.92. The Labute approximate surface area is 203 Å². The first-order valence-electron chi connectivity index (χ1n) is 10.6.